The van der Waals surface area contributed by atoms with Crippen LogP contribution in [0, 0.1) is 10.1 Å². The zero-order valence-corrected chi connectivity index (χ0v) is 16.9. The topological polar surface area (TPSA) is 121 Å². The van der Waals surface area contributed by atoms with Crippen molar-refractivity contribution >= 4 is 45.9 Å². The summed E-state index contributed by atoms with van der Waals surface area (Å²) in [5.41, 5.74) is -0.276. The van der Waals surface area contributed by atoms with Crippen molar-refractivity contribution in [1.82, 2.24) is 4.98 Å². The number of rotatable bonds is 7. The zero-order chi connectivity index (χ0) is 21.0. The van der Waals surface area contributed by atoms with Crippen molar-refractivity contribution in [3.05, 3.63) is 56.9 Å². The number of benzene rings is 1. The van der Waals surface area contributed by atoms with Gasteiger partial charge in [-0.15, -0.1) is 22.7 Å². The van der Waals surface area contributed by atoms with Gasteiger partial charge in [0.05, 0.1) is 23.0 Å². The number of nitrogens with one attached hydrogen (secondary N) is 1. The van der Waals surface area contributed by atoms with E-state index in [2.05, 4.69) is 10.3 Å². The van der Waals surface area contributed by atoms with Crippen molar-refractivity contribution < 1.29 is 24.0 Å². The number of hydrogen-bond acceptors (Lipinski definition) is 9. The third-order valence-corrected chi connectivity index (χ3v) is 5.64. The number of amides is 1. The summed E-state index contributed by atoms with van der Waals surface area (Å²) in [4.78, 5) is 40.3. The number of aromatic nitrogens is 1. The van der Waals surface area contributed by atoms with E-state index in [0.29, 0.717) is 5.01 Å². The minimum Gasteiger partial charge on any atom is -0.496 e. The Bertz CT molecular complexity index is 1050. The fourth-order valence-electron chi connectivity index (χ4n) is 2.28. The van der Waals surface area contributed by atoms with Gasteiger partial charge in [0.15, 0.2) is 11.8 Å². The van der Waals surface area contributed by atoms with Crippen molar-refractivity contribution in [2.75, 3.05) is 12.4 Å². The average Bonchev–Trinajstić information content (AvgIpc) is 3.39. The second-order valence-corrected chi connectivity index (χ2v) is 7.50. The Balaban J connectivity index is 1.66. The van der Waals surface area contributed by atoms with Gasteiger partial charge in [0.2, 0.25) is 0 Å². The number of nitro groups is 1. The lowest BCUT2D eigenvalue weighted by Crippen LogP contribution is -2.30. The number of nitrogens with zero attached hydrogens (tertiary/aromatic N) is 2. The maximum Gasteiger partial charge on any atom is 0.358 e. The van der Waals surface area contributed by atoms with E-state index in [1.807, 2.05) is 17.5 Å². The van der Waals surface area contributed by atoms with Gasteiger partial charge in [-0.3, -0.25) is 14.9 Å². The minimum atomic E-state index is -1.18. The number of esters is 1. The molecular weight excluding hydrogens is 418 g/mol. The van der Waals surface area contributed by atoms with E-state index in [0.717, 1.165) is 4.88 Å². The van der Waals surface area contributed by atoms with Crippen LogP contribution in [0.4, 0.5) is 11.4 Å². The van der Waals surface area contributed by atoms with E-state index in [-0.39, 0.29) is 22.8 Å². The molecule has 0 aliphatic heterocycles. The summed E-state index contributed by atoms with van der Waals surface area (Å²) in [6.07, 6.45) is -1.18. The largest absolute Gasteiger partial charge is 0.496 e. The van der Waals surface area contributed by atoms with Crippen LogP contribution in [0.5, 0.6) is 5.75 Å². The normalized spacial score (nSPS) is 11.5. The second-order valence-electron chi connectivity index (χ2n) is 5.69. The van der Waals surface area contributed by atoms with Crippen LogP contribution in [0.15, 0.2) is 41.1 Å². The number of thiophene rings is 1. The molecule has 0 fully saturated rings. The Kier molecular flexibility index (Phi) is 6.20. The fraction of sp³-hybridized carbons (Fsp3) is 0.167. The van der Waals surface area contributed by atoms with Crippen LogP contribution in [0.2, 0.25) is 0 Å². The molecule has 1 atom stereocenters. The predicted molar refractivity (Wildman–Crippen MR) is 109 cm³/mol. The van der Waals surface area contributed by atoms with Crippen LogP contribution in [0.1, 0.15) is 17.4 Å². The van der Waals surface area contributed by atoms with Crippen LogP contribution >= 0.6 is 22.7 Å². The molecule has 0 saturated heterocycles. The first-order valence-electron chi connectivity index (χ1n) is 8.22. The molecule has 0 bridgehead atoms. The van der Waals surface area contributed by atoms with Gasteiger partial charge in [0.25, 0.3) is 11.6 Å². The molecule has 9 nitrogen and oxygen atoms in total. The van der Waals surface area contributed by atoms with Gasteiger partial charge in [-0.25, -0.2) is 9.78 Å². The number of nitro benzene ring substituents is 1. The van der Waals surface area contributed by atoms with Crippen LogP contribution in [-0.2, 0) is 9.53 Å². The van der Waals surface area contributed by atoms with Crippen LogP contribution in [0.3, 0.4) is 0 Å². The smallest absolute Gasteiger partial charge is 0.358 e. The Morgan fingerprint density at radius 2 is 2.07 bits per heavy atom. The molecule has 0 spiro atoms. The molecule has 11 heteroatoms. The number of hydrogen-bond donors (Lipinski definition) is 1. The average molecular weight is 433 g/mol. The lowest BCUT2D eigenvalue weighted by molar-refractivity contribution is -0.384. The molecule has 0 saturated carbocycles. The molecule has 2 aromatic heterocycles. The van der Waals surface area contributed by atoms with E-state index in [1.165, 1.54) is 54.9 Å². The van der Waals surface area contributed by atoms with Gasteiger partial charge >= 0.3 is 5.97 Å². The SMILES string of the molecule is COc1ccc(NC(=O)C(C)OC(=O)c2csc(-c3cccs3)n2)c([N+](=O)[O-])c1. The molecule has 0 radical (unpaired) electrons. The third kappa shape index (κ3) is 4.76. The standard InChI is InChI=1S/C18H15N3O6S2/c1-10(16(22)19-12-6-5-11(26-2)8-14(12)21(24)25)27-18(23)13-9-29-17(20-13)15-4-3-7-28-15/h3-10H,1-2H3,(H,19,22). The Morgan fingerprint density at radius 3 is 2.72 bits per heavy atom. The second kappa shape index (κ2) is 8.80. The molecular formula is C18H15N3O6S2. The minimum absolute atomic E-state index is 0.0302. The Morgan fingerprint density at radius 1 is 1.28 bits per heavy atom. The molecule has 1 aromatic carbocycles. The van der Waals surface area contributed by atoms with Crippen molar-refractivity contribution in [3.63, 3.8) is 0 Å². The zero-order valence-electron chi connectivity index (χ0n) is 15.3. The Hall–Kier alpha value is -3.31. The van der Waals surface area contributed by atoms with Crippen LogP contribution in [-0.4, -0.2) is 35.0 Å². The van der Waals surface area contributed by atoms with Gasteiger partial charge in [-0.1, -0.05) is 6.07 Å². The summed E-state index contributed by atoms with van der Waals surface area (Å²) in [6, 6.07) is 7.77. The van der Waals surface area contributed by atoms with Crippen LogP contribution in [0.25, 0.3) is 9.88 Å². The molecule has 3 aromatic rings. The highest BCUT2D eigenvalue weighted by atomic mass is 32.1. The number of carbonyl (C=O) groups excluding carboxylic acids is 2. The summed E-state index contributed by atoms with van der Waals surface area (Å²) in [5, 5.41) is 17.7. The lowest BCUT2D eigenvalue weighted by Gasteiger charge is -2.13. The lowest BCUT2D eigenvalue weighted by atomic mass is 10.2. The maximum atomic E-state index is 12.3. The van der Waals surface area contributed by atoms with E-state index in [1.54, 1.807) is 5.38 Å². The van der Waals surface area contributed by atoms with Gasteiger partial charge in [0, 0.05) is 5.38 Å². The molecule has 3 rings (SSSR count). The third-order valence-electron chi connectivity index (χ3n) is 3.76. The number of methoxy groups -OCH3 is 1. The quantitative estimate of drug-likeness (QED) is 0.340. The van der Waals surface area contributed by atoms with Gasteiger partial charge in [0.1, 0.15) is 16.4 Å². The van der Waals surface area contributed by atoms with Crippen LogP contribution < -0.4 is 10.1 Å². The molecule has 0 aliphatic carbocycles. The molecule has 1 N–H and O–H groups in total. The van der Waals surface area contributed by atoms with Gasteiger partial charge in [-0.05, 0) is 30.5 Å². The van der Waals surface area contributed by atoms with Gasteiger partial charge in [-0.2, -0.15) is 0 Å². The summed E-state index contributed by atoms with van der Waals surface area (Å²) in [6.45, 7) is 1.37. The molecule has 2 heterocycles. The summed E-state index contributed by atoms with van der Waals surface area (Å²) < 4.78 is 10.1. The number of carbonyl (C=O) groups is 2. The highest BCUT2D eigenvalue weighted by molar-refractivity contribution is 7.20. The van der Waals surface area contributed by atoms with Crippen molar-refractivity contribution in [1.29, 1.82) is 0 Å². The van der Waals surface area contributed by atoms with E-state index < -0.39 is 22.9 Å². The predicted octanol–water partition coefficient (Wildman–Crippen LogP) is 3.97. The van der Waals surface area contributed by atoms with E-state index in [9.17, 15) is 19.7 Å². The summed E-state index contributed by atoms with van der Waals surface area (Å²) >= 11 is 2.79. The number of ether oxygens (including phenoxy) is 2. The highest BCUT2D eigenvalue weighted by Gasteiger charge is 2.24. The summed E-state index contributed by atoms with van der Waals surface area (Å²) in [5.74, 6) is -1.18. The molecule has 0 aliphatic rings. The van der Waals surface area contributed by atoms with E-state index in [4.69, 9.17) is 9.47 Å². The first-order chi connectivity index (χ1) is 13.9. The first-order valence-corrected chi connectivity index (χ1v) is 9.98. The maximum absolute atomic E-state index is 12.3. The monoisotopic (exact) mass is 433 g/mol. The molecule has 150 valence electrons. The summed E-state index contributed by atoms with van der Waals surface area (Å²) in [7, 11) is 1.38. The number of thiazole rings is 1. The first kappa shape index (κ1) is 20.4. The van der Waals surface area contributed by atoms with Gasteiger partial charge < -0.3 is 14.8 Å². The Labute approximate surface area is 173 Å². The fourth-order valence-corrected chi connectivity index (χ4v) is 3.89. The van der Waals surface area contributed by atoms with Crippen molar-refractivity contribution in [3.8, 4) is 15.6 Å². The van der Waals surface area contributed by atoms with E-state index >= 15 is 0 Å². The molecule has 29 heavy (non-hydrogen) atoms. The van der Waals surface area contributed by atoms with Crippen molar-refractivity contribution in [2.45, 2.75) is 13.0 Å². The highest BCUT2D eigenvalue weighted by Crippen LogP contribution is 2.30. The number of anilines is 1. The molecule has 1 amide bonds. The van der Waals surface area contributed by atoms with Crippen molar-refractivity contribution in [2.24, 2.45) is 0 Å². The molecule has 1 unspecified atom stereocenters.